The first-order chi connectivity index (χ1) is 14.2. The standard InChI is InChI=1S/C20H20ClN5O3S/c1-2-24-20-25-10-13(11-26-20)14-8-7-12(9-17(14)30(23,28)29)18(19(22)27)15-5-3-4-6-16(15)21/h3-11,18H,2H2,1H3,(H2,22,27)(H2,23,28,29)(H,24,25,26). The van der Waals surface area contributed by atoms with E-state index < -0.39 is 21.8 Å². The van der Waals surface area contributed by atoms with Crippen molar-refractivity contribution in [3.05, 3.63) is 71.0 Å². The molecular formula is C20H20ClN5O3S. The predicted octanol–water partition coefficient (Wildman–Crippen LogP) is 2.49. The van der Waals surface area contributed by atoms with Gasteiger partial charge in [0.1, 0.15) is 0 Å². The van der Waals surface area contributed by atoms with E-state index in [-0.39, 0.29) is 4.90 Å². The number of rotatable bonds is 7. The van der Waals surface area contributed by atoms with E-state index in [0.717, 1.165) is 0 Å². The van der Waals surface area contributed by atoms with Gasteiger partial charge in [0.05, 0.1) is 10.8 Å². The van der Waals surface area contributed by atoms with Gasteiger partial charge in [-0.2, -0.15) is 0 Å². The van der Waals surface area contributed by atoms with E-state index in [9.17, 15) is 13.2 Å². The number of aromatic nitrogens is 2. The fraction of sp³-hybridized carbons (Fsp3) is 0.150. The van der Waals surface area contributed by atoms with Crippen LogP contribution in [0, 0.1) is 0 Å². The largest absolute Gasteiger partial charge is 0.369 e. The third-order valence-corrected chi connectivity index (χ3v) is 5.74. The monoisotopic (exact) mass is 445 g/mol. The van der Waals surface area contributed by atoms with Gasteiger partial charge in [-0.15, -0.1) is 0 Å². The molecule has 2 aromatic carbocycles. The Hall–Kier alpha value is -3.01. The van der Waals surface area contributed by atoms with E-state index in [2.05, 4.69) is 15.3 Å². The number of amides is 1. The van der Waals surface area contributed by atoms with Crippen molar-refractivity contribution in [1.29, 1.82) is 0 Å². The zero-order chi connectivity index (χ0) is 21.9. The minimum absolute atomic E-state index is 0.168. The van der Waals surface area contributed by atoms with E-state index in [1.54, 1.807) is 36.4 Å². The van der Waals surface area contributed by atoms with Crippen LogP contribution in [0.25, 0.3) is 11.1 Å². The lowest BCUT2D eigenvalue weighted by Gasteiger charge is -2.18. The first-order valence-corrected chi connectivity index (χ1v) is 10.9. The third kappa shape index (κ3) is 4.59. The fourth-order valence-electron chi connectivity index (χ4n) is 3.12. The normalized spacial score (nSPS) is 12.4. The molecule has 1 aromatic heterocycles. The Morgan fingerprint density at radius 1 is 1.17 bits per heavy atom. The maximum Gasteiger partial charge on any atom is 0.238 e. The molecule has 0 spiro atoms. The number of carbonyl (C=O) groups is 1. The third-order valence-electron chi connectivity index (χ3n) is 4.44. The maximum absolute atomic E-state index is 12.3. The number of hydrogen-bond acceptors (Lipinski definition) is 6. The lowest BCUT2D eigenvalue weighted by molar-refractivity contribution is -0.118. The van der Waals surface area contributed by atoms with Crippen LogP contribution in [-0.4, -0.2) is 30.8 Å². The summed E-state index contributed by atoms with van der Waals surface area (Å²) >= 11 is 6.24. The number of primary amides is 1. The van der Waals surface area contributed by atoms with Crippen LogP contribution in [0.2, 0.25) is 5.02 Å². The lowest BCUT2D eigenvalue weighted by Crippen LogP contribution is -2.23. The molecule has 0 aliphatic carbocycles. The number of carbonyl (C=O) groups excluding carboxylic acids is 1. The highest BCUT2D eigenvalue weighted by Gasteiger charge is 2.26. The minimum Gasteiger partial charge on any atom is -0.369 e. The van der Waals surface area contributed by atoms with Gasteiger partial charge in [-0.05, 0) is 30.2 Å². The van der Waals surface area contributed by atoms with Crippen LogP contribution in [0.4, 0.5) is 5.95 Å². The number of nitrogens with zero attached hydrogens (tertiary/aromatic N) is 2. The van der Waals surface area contributed by atoms with Gasteiger partial charge >= 0.3 is 0 Å². The molecule has 3 rings (SSSR count). The van der Waals surface area contributed by atoms with Crippen LogP contribution in [0.5, 0.6) is 0 Å². The molecule has 1 unspecified atom stereocenters. The molecular weight excluding hydrogens is 426 g/mol. The summed E-state index contributed by atoms with van der Waals surface area (Å²) in [6, 6.07) is 11.2. The second kappa shape index (κ2) is 8.78. The van der Waals surface area contributed by atoms with E-state index in [1.807, 2.05) is 6.92 Å². The van der Waals surface area contributed by atoms with Crippen molar-refractivity contribution in [2.75, 3.05) is 11.9 Å². The predicted molar refractivity (Wildman–Crippen MR) is 115 cm³/mol. The highest BCUT2D eigenvalue weighted by Crippen LogP contribution is 2.34. The van der Waals surface area contributed by atoms with Crippen LogP contribution >= 0.6 is 11.6 Å². The van der Waals surface area contributed by atoms with Crippen molar-refractivity contribution in [3.63, 3.8) is 0 Å². The minimum atomic E-state index is -4.13. The van der Waals surface area contributed by atoms with E-state index in [1.165, 1.54) is 18.5 Å². The van der Waals surface area contributed by atoms with Gasteiger partial charge in [0.25, 0.3) is 0 Å². The number of anilines is 1. The summed E-state index contributed by atoms with van der Waals surface area (Å²) in [6.45, 7) is 2.55. The van der Waals surface area contributed by atoms with Crippen molar-refractivity contribution in [2.24, 2.45) is 10.9 Å². The van der Waals surface area contributed by atoms with Gasteiger partial charge in [-0.3, -0.25) is 4.79 Å². The van der Waals surface area contributed by atoms with Gasteiger partial charge in [-0.25, -0.2) is 23.5 Å². The lowest BCUT2D eigenvalue weighted by atomic mass is 9.89. The molecule has 0 fully saturated rings. The Kier molecular flexibility index (Phi) is 6.35. The van der Waals surface area contributed by atoms with Crippen molar-refractivity contribution in [2.45, 2.75) is 17.7 Å². The topological polar surface area (TPSA) is 141 Å². The molecule has 1 atom stereocenters. The molecule has 0 aliphatic heterocycles. The number of hydrogen-bond donors (Lipinski definition) is 3. The maximum atomic E-state index is 12.3. The van der Waals surface area contributed by atoms with Crippen molar-refractivity contribution < 1.29 is 13.2 Å². The molecule has 0 aliphatic rings. The Balaban J connectivity index is 2.15. The molecule has 0 bridgehead atoms. The smallest absolute Gasteiger partial charge is 0.238 e. The number of halogens is 1. The number of sulfonamides is 1. The highest BCUT2D eigenvalue weighted by atomic mass is 35.5. The molecule has 30 heavy (non-hydrogen) atoms. The quantitative estimate of drug-likeness (QED) is 0.510. The fourth-order valence-corrected chi connectivity index (χ4v) is 4.15. The summed E-state index contributed by atoms with van der Waals surface area (Å²) in [4.78, 5) is 20.4. The van der Waals surface area contributed by atoms with E-state index >= 15 is 0 Å². The highest BCUT2D eigenvalue weighted by molar-refractivity contribution is 7.89. The number of nitrogens with two attached hydrogens (primary N) is 2. The summed E-state index contributed by atoms with van der Waals surface area (Å²) in [7, 11) is -4.13. The zero-order valence-corrected chi connectivity index (χ0v) is 17.6. The van der Waals surface area contributed by atoms with Gasteiger partial charge in [0, 0.05) is 35.1 Å². The number of nitrogens with one attached hydrogen (secondary N) is 1. The number of primary sulfonamides is 1. The van der Waals surface area contributed by atoms with Crippen LogP contribution in [0.1, 0.15) is 24.0 Å². The Labute approximate surface area is 179 Å². The molecule has 3 aromatic rings. The van der Waals surface area contributed by atoms with E-state index in [0.29, 0.717) is 39.8 Å². The van der Waals surface area contributed by atoms with Gasteiger partial charge in [0.15, 0.2) is 0 Å². The zero-order valence-electron chi connectivity index (χ0n) is 16.0. The molecule has 1 amide bonds. The van der Waals surface area contributed by atoms with Gasteiger partial charge in [0.2, 0.25) is 21.9 Å². The molecule has 8 nitrogen and oxygen atoms in total. The SMILES string of the molecule is CCNc1ncc(-c2ccc(C(C(N)=O)c3ccccc3Cl)cc2S(N)(=O)=O)cn1. The molecule has 1 heterocycles. The van der Waals surface area contributed by atoms with Crippen LogP contribution in [-0.2, 0) is 14.8 Å². The Morgan fingerprint density at radius 2 is 1.83 bits per heavy atom. The Morgan fingerprint density at radius 3 is 2.40 bits per heavy atom. The average molecular weight is 446 g/mol. The van der Waals surface area contributed by atoms with Crippen molar-refractivity contribution >= 4 is 33.5 Å². The second-order valence-corrected chi connectivity index (χ2v) is 8.42. The summed E-state index contributed by atoms with van der Waals surface area (Å²) in [6.07, 6.45) is 2.99. The number of benzene rings is 2. The van der Waals surface area contributed by atoms with Gasteiger partial charge < -0.3 is 11.1 Å². The summed E-state index contributed by atoms with van der Waals surface area (Å²) in [5.41, 5.74) is 7.21. The van der Waals surface area contributed by atoms with Crippen LogP contribution in [0.15, 0.2) is 59.8 Å². The molecule has 10 heteroatoms. The van der Waals surface area contributed by atoms with Crippen molar-refractivity contribution in [3.8, 4) is 11.1 Å². The molecule has 5 N–H and O–H groups in total. The molecule has 0 saturated carbocycles. The first kappa shape index (κ1) is 21.7. The molecule has 0 saturated heterocycles. The summed E-state index contributed by atoms with van der Waals surface area (Å²) in [5.74, 6) is -1.20. The summed E-state index contributed by atoms with van der Waals surface area (Å²) < 4.78 is 24.7. The van der Waals surface area contributed by atoms with Gasteiger partial charge in [-0.1, -0.05) is 41.9 Å². The van der Waals surface area contributed by atoms with Crippen molar-refractivity contribution in [1.82, 2.24) is 9.97 Å². The molecule has 156 valence electrons. The first-order valence-electron chi connectivity index (χ1n) is 8.99. The molecule has 0 radical (unpaired) electrons. The average Bonchev–Trinajstić information content (AvgIpc) is 2.70. The summed E-state index contributed by atoms with van der Waals surface area (Å²) in [5, 5.41) is 8.77. The van der Waals surface area contributed by atoms with Crippen LogP contribution in [0.3, 0.4) is 0 Å². The Bertz CT molecular complexity index is 1180. The van der Waals surface area contributed by atoms with E-state index in [4.69, 9.17) is 22.5 Å². The second-order valence-electron chi connectivity index (χ2n) is 6.48. The van der Waals surface area contributed by atoms with Crippen LogP contribution < -0.4 is 16.2 Å².